The van der Waals surface area contributed by atoms with Gasteiger partial charge >= 0.3 is 0 Å². The van der Waals surface area contributed by atoms with Crippen molar-refractivity contribution >= 4 is 17.6 Å². The molecular weight excluding hydrogens is 242 g/mol. The topological polar surface area (TPSA) is 62.3 Å². The first-order valence-corrected chi connectivity index (χ1v) is 6.67. The van der Waals surface area contributed by atoms with Gasteiger partial charge in [0.25, 0.3) is 0 Å². The van der Waals surface area contributed by atoms with Crippen LogP contribution in [0.5, 0.6) is 0 Å². The monoisotopic (exact) mass is 259 g/mol. The van der Waals surface area contributed by atoms with Crippen molar-refractivity contribution in [3.63, 3.8) is 0 Å². The first kappa shape index (κ1) is 12.1. The molecule has 5 heteroatoms. The van der Waals surface area contributed by atoms with Crippen LogP contribution in [-0.4, -0.2) is 34.3 Å². The van der Waals surface area contributed by atoms with Gasteiger partial charge in [-0.25, -0.2) is 4.98 Å². The third-order valence-electron chi connectivity index (χ3n) is 3.66. The molecule has 19 heavy (non-hydrogen) atoms. The van der Waals surface area contributed by atoms with E-state index >= 15 is 0 Å². The summed E-state index contributed by atoms with van der Waals surface area (Å²) in [6, 6.07) is 5.89. The van der Waals surface area contributed by atoms with Gasteiger partial charge in [0.1, 0.15) is 5.82 Å². The highest BCUT2D eigenvalue weighted by molar-refractivity contribution is 5.96. The molecule has 5 nitrogen and oxygen atoms in total. The molecule has 1 aromatic rings. The first-order valence-electron chi connectivity index (χ1n) is 6.67. The highest BCUT2D eigenvalue weighted by Crippen LogP contribution is 2.32. The van der Waals surface area contributed by atoms with Gasteiger partial charge in [-0.3, -0.25) is 9.59 Å². The Kier molecular flexibility index (Phi) is 2.97. The summed E-state index contributed by atoms with van der Waals surface area (Å²) < 4.78 is 0. The molecule has 1 aromatic heterocycles. The maximum Gasteiger partial charge on any atom is 0.230 e. The zero-order chi connectivity index (χ0) is 13.4. The fourth-order valence-electron chi connectivity index (χ4n) is 2.49. The second kappa shape index (κ2) is 4.64. The molecule has 2 fully saturated rings. The number of amides is 2. The van der Waals surface area contributed by atoms with E-state index < -0.39 is 0 Å². The summed E-state index contributed by atoms with van der Waals surface area (Å²) in [5.74, 6) is 0.326. The van der Waals surface area contributed by atoms with E-state index in [2.05, 4.69) is 10.3 Å². The molecule has 0 bridgehead atoms. The van der Waals surface area contributed by atoms with Gasteiger partial charge in [0.05, 0.1) is 5.92 Å². The van der Waals surface area contributed by atoms with Crippen LogP contribution in [0.1, 0.15) is 25.0 Å². The molecule has 1 saturated heterocycles. The van der Waals surface area contributed by atoms with Crippen molar-refractivity contribution in [2.24, 2.45) is 5.92 Å². The molecule has 2 heterocycles. The van der Waals surface area contributed by atoms with Crippen LogP contribution < -0.4 is 5.32 Å². The molecule has 0 unspecified atom stereocenters. The van der Waals surface area contributed by atoms with E-state index in [0.717, 1.165) is 18.5 Å². The second-order valence-electron chi connectivity index (χ2n) is 5.33. The van der Waals surface area contributed by atoms with Crippen molar-refractivity contribution in [1.82, 2.24) is 9.88 Å². The molecule has 1 saturated carbocycles. The maximum atomic E-state index is 12.1. The van der Waals surface area contributed by atoms with E-state index in [1.54, 1.807) is 6.07 Å². The summed E-state index contributed by atoms with van der Waals surface area (Å²) in [6.45, 7) is 2.44. The van der Waals surface area contributed by atoms with Crippen LogP contribution >= 0.6 is 0 Å². The molecule has 100 valence electrons. The average Bonchev–Trinajstić information content (AvgIpc) is 3.12. The summed E-state index contributed by atoms with van der Waals surface area (Å²) in [6.07, 6.45) is 2.49. The Bertz CT molecular complexity index is 525. The van der Waals surface area contributed by atoms with Gasteiger partial charge in [-0.05, 0) is 31.9 Å². The lowest BCUT2D eigenvalue weighted by Crippen LogP contribution is -2.30. The van der Waals surface area contributed by atoms with Crippen LogP contribution in [0.2, 0.25) is 0 Å². The average molecular weight is 259 g/mol. The number of nitrogens with zero attached hydrogens (tertiary/aromatic N) is 2. The minimum absolute atomic E-state index is 0.102. The van der Waals surface area contributed by atoms with E-state index in [1.807, 2.05) is 24.0 Å². The maximum absolute atomic E-state index is 12.1. The Morgan fingerprint density at radius 2 is 2.21 bits per heavy atom. The molecule has 0 spiro atoms. The molecule has 0 radical (unpaired) electrons. The highest BCUT2D eigenvalue weighted by atomic mass is 16.2. The lowest BCUT2D eigenvalue weighted by molar-refractivity contribution is -0.128. The minimum Gasteiger partial charge on any atom is -0.339 e. The van der Waals surface area contributed by atoms with Gasteiger partial charge in [0.2, 0.25) is 11.8 Å². The van der Waals surface area contributed by atoms with Gasteiger partial charge in [0.15, 0.2) is 0 Å². The van der Waals surface area contributed by atoms with E-state index in [9.17, 15) is 9.59 Å². The van der Waals surface area contributed by atoms with E-state index in [-0.39, 0.29) is 17.7 Å². The molecule has 2 aliphatic rings. The number of aromatic nitrogens is 1. The van der Waals surface area contributed by atoms with Gasteiger partial charge in [-0.2, -0.15) is 0 Å². The SMILES string of the molecule is Cc1cccc(NC(=O)[C@@H]2CC(=O)N(C3CC3)C2)n1. The summed E-state index contributed by atoms with van der Waals surface area (Å²) in [7, 11) is 0. The number of nitrogens with one attached hydrogen (secondary N) is 1. The molecule has 2 amide bonds. The number of hydrogen-bond acceptors (Lipinski definition) is 3. The van der Waals surface area contributed by atoms with Crippen molar-refractivity contribution in [2.45, 2.75) is 32.2 Å². The first-order chi connectivity index (χ1) is 9.13. The summed E-state index contributed by atoms with van der Waals surface area (Å²) in [5.41, 5.74) is 0.861. The summed E-state index contributed by atoms with van der Waals surface area (Å²) >= 11 is 0. The molecule has 3 rings (SSSR count). The Morgan fingerprint density at radius 1 is 1.42 bits per heavy atom. The van der Waals surface area contributed by atoms with E-state index in [4.69, 9.17) is 0 Å². The minimum atomic E-state index is -0.240. The van der Waals surface area contributed by atoms with Crippen LogP contribution in [-0.2, 0) is 9.59 Å². The number of aryl methyl sites for hydroxylation is 1. The van der Waals surface area contributed by atoms with Crippen molar-refractivity contribution in [2.75, 3.05) is 11.9 Å². The smallest absolute Gasteiger partial charge is 0.230 e. The standard InChI is InChI=1S/C14H17N3O2/c1-9-3-2-4-12(15-9)16-14(19)10-7-13(18)17(8-10)11-5-6-11/h2-4,10-11H,5-8H2,1H3,(H,15,16,19)/t10-/m1/s1. The zero-order valence-corrected chi connectivity index (χ0v) is 10.9. The van der Waals surface area contributed by atoms with E-state index in [1.165, 1.54) is 0 Å². The molecule has 1 atom stereocenters. The van der Waals surface area contributed by atoms with Gasteiger partial charge in [-0.1, -0.05) is 6.07 Å². The van der Waals surface area contributed by atoms with E-state index in [0.29, 0.717) is 24.8 Å². The third-order valence-corrected chi connectivity index (χ3v) is 3.66. The molecule has 1 aliphatic heterocycles. The van der Waals surface area contributed by atoms with Crippen molar-refractivity contribution in [3.8, 4) is 0 Å². The molecule has 1 N–H and O–H groups in total. The highest BCUT2D eigenvalue weighted by Gasteiger charge is 2.41. The lowest BCUT2D eigenvalue weighted by atomic mass is 10.1. The predicted molar refractivity (Wildman–Crippen MR) is 70.4 cm³/mol. The van der Waals surface area contributed by atoms with Crippen LogP contribution in [0.3, 0.4) is 0 Å². The number of pyridine rings is 1. The summed E-state index contributed by atoms with van der Waals surface area (Å²) in [4.78, 5) is 30.0. The fourth-order valence-corrected chi connectivity index (χ4v) is 2.49. The number of carbonyl (C=O) groups is 2. The molecule has 0 aromatic carbocycles. The largest absolute Gasteiger partial charge is 0.339 e. The zero-order valence-electron chi connectivity index (χ0n) is 10.9. The Labute approximate surface area is 112 Å². The number of rotatable bonds is 3. The van der Waals surface area contributed by atoms with Gasteiger partial charge in [0, 0.05) is 24.7 Å². The third kappa shape index (κ3) is 2.59. The fraction of sp³-hybridized carbons (Fsp3) is 0.500. The van der Waals surface area contributed by atoms with Crippen LogP contribution in [0.25, 0.3) is 0 Å². The van der Waals surface area contributed by atoms with Crippen LogP contribution in [0.4, 0.5) is 5.82 Å². The predicted octanol–water partition coefficient (Wildman–Crippen LogP) is 1.34. The normalized spacial score (nSPS) is 22.7. The Hall–Kier alpha value is -1.91. The van der Waals surface area contributed by atoms with Crippen molar-refractivity contribution in [1.29, 1.82) is 0 Å². The lowest BCUT2D eigenvalue weighted by Gasteiger charge is -2.15. The van der Waals surface area contributed by atoms with Crippen LogP contribution in [0, 0.1) is 12.8 Å². The quantitative estimate of drug-likeness (QED) is 0.891. The number of anilines is 1. The van der Waals surface area contributed by atoms with Crippen molar-refractivity contribution < 1.29 is 9.59 Å². The van der Waals surface area contributed by atoms with Crippen LogP contribution in [0.15, 0.2) is 18.2 Å². The molecule has 1 aliphatic carbocycles. The Balaban J connectivity index is 1.63. The Morgan fingerprint density at radius 3 is 2.89 bits per heavy atom. The molecular formula is C14H17N3O2. The number of hydrogen-bond donors (Lipinski definition) is 1. The number of likely N-dealkylation sites (tertiary alicyclic amines) is 1. The number of carbonyl (C=O) groups excluding carboxylic acids is 2. The van der Waals surface area contributed by atoms with Gasteiger partial charge in [-0.15, -0.1) is 0 Å². The summed E-state index contributed by atoms with van der Waals surface area (Å²) in [5, 5.41) is 2.80. The second-order valence-corrected chi connectivity index (χ2v) is 5.33. The van der Waals surface area contributed by atoms with Crippen molar-refractivity contribution in [3.05, 3.63) is 23.9 Å². The van der Waals surface area contributed by atoms with Gasteiger partial charge < -0.3 is 10.2 Å².